The molecule has 0 heterocycles. The van der Waals surface area contributed by atoms with Crippen molar-refractivity contribution in [1.29, 1.82) is 5.26 Å². The van der Waals surface area contributed by atoms with E-state index in [0.29, 0.717) is 11.1 Å². The minimum Gasteiger partial charge on any atom is -0.268 e. The third kappa shape index (κ3) is 3.21. The van der Waals surface area contributed by atoms with Crippen LogP contribution in [-0.4, -0.2) is 14.3 Å². The van der Waals surface area contributed by atoms with Gasteiger partial charge in [0, 0.05) is 5.57 Å². The first-order valence-corrected chi connectivity index (χ1v) is 8.54. The fourth-order valence-electron chi connectivity index (χ4n) is 2.15. The molecular formula is C18H16N2O3S. The smallest absolute Gasteiger partial charge is 0.268 e. The van der Waals surface area contributed by atoms with Crippen molar-refractivity contribution in [2.45, 2.75) is 18.7 Å². The molecule has 0 saturated heterocycles. The molecule has 6 heteroatoms. The molecule has 0 aliphatic rings. The Morgan fingerprint density at radius 2 is 1.71 bits per heavy atom. The number of hydrogen-bond acceptors (Lipinski definition) is 4. The van der Waals surface area contributed by atoms with E-state index >= 15 is 0 Å². The summed E-state index contributed by atoms with van der Waals surface area (Å²) in [7, 11) is -4.11. The Morgan fingerprint density at radius 3 is 2.21 bits per heavy atom. The van der Waals surface area contributed by atoms with E-state index in [4.69, 9.17) is 5.26 Å². The zero-order valence-electron chi connectivity index (χ0n) is 13.4. The van der Waals surface area contributed by atoms with Crippen molar-refractivity contribution >= 4 is 21.6 Å². The van der Waals surface area contributed by atoms with Gasteiger partial charge in [0.1, 0.15) is 0 Å². The number of nitrogens with zero attached hydrogens (tertiary/aromatic N) is 2. The first-order chi connectivity index (χ1) is 11.3. The van der Waals surface area contributed by atoms with Gasteiger partial charge in [0.15, 0.2) is 0 Å². The van der Waals surface area contributed by atoms with Gasteiger partial charge in [0.2, 0.25) is 0 Å². The minimum absolute atomic E-state index is 0.0453. The number of carbonyl (C=O) groups is 1. The Bertz CT molecular complexity index is 939. The summed E-state index contributed by atoms with van der Waals surface area (Å²) >= 11 is 0. The highest BCUT2D eigenvalue weighted by Crippen LogP contribution is 2.27. The van der Waals surface area contributed by atoms with Gasteiger partial charge >= 0.3 is 0 Å². The summed E-state index contributed by atoms with van der Waals surface area (Å²) in [4.78, 5) is 12.6. The Labute approximate surface area is 141 Å². The van der Waals surface area contributed by atoms with Crippen molar-refractivity contribution in [2.24, 2.45) is 0 Å². The lowest BCUT2D eigenvalue weighted by Crippen LogP contribution is -2.37. The number of rotatable bonds is 4. The van der Waals surface area contributed by atoms with Gasteiger partial charge in [-0.15, -0.1) is 0 Å². The second-order valence-electron chi connectivity index (χ2n) is 5.28. The van der Waals surface area contributed by atoms with E-state index in [1.165, 1.54) is 37.3 Å². The first-order valence-electron chi connectivity index (χ1n) is 7.10. The van der Waals surface area contributed by atoms with E-state index in [0.717, 1.165) is 4.31 Å². The lowest BCUT2D eigenvalue weighted by molar-refractivity contribution is -0.113. The van der Waals surface area contributed by atoms with E-state index in [1.54, 1.807) is 25.1 Å². The third-order valence-electron chi connectivity index (χ3n) is 3.39. The van der Waals surface area contributed by atoms with Crippen molar-refractivity contribution in [3.8, 4) is 6.07 Å². The summed E-state index contributed by atoms with van der Waals surface area (Å²) in [5, 5.41) is 8.88. The van der Waals surface area contributed by atoms with Crippen molar-refractivity contribution in [3.63, 3.8) is 0 Å². The van der Waals surface area contributed by atoms with Gasteiger partial charge in [-0.1, -0.05) is 24.8 Å². The number of hydrogen-bond donors (Lipinski definition) is 0. The Hall–Kier alpha value is -2.91. The van der Waals surface area contributed by atoms with Crippen LogP contribution in [0, 0.1) is 18.3 Å². The van der Waals surface area contributed by atoms with Crippen molar-refractivity contribution < 1.29 is 13.2 Å². The van der Waals surface area contributed by atoms with Crippen LogP contribution in [0.25, 0.3) is 0 Å². The van der Waals surface area contributed by atoms with Crippen molar-refractivity contribution in [2.75, 3.05) is 4.31 Å². The summed E-state index contributed by atoms with van der Waals surface area (Å²) in [5.74, 6) is -0.719. The van der Waals surface area contributed by atoms with Crippen LogP contribution in [0.2, 0.25) is 0 Å². The van der Waals surface area contributed by atoms with Crippen LogP contribution in [0.1, 0.15) is 18.1 Å². The summed E-state index contributed by atoms with van der Waals surface area (Å²) in [6, 6.07) is 14.2. The SMILES string of the molecule is C=C(C)C(=O)N(c1ccc(C#N)cc1)S(=O)(=O)c1ccccc1C. The van der Waals surface area contributed by atoms with Gasteiger partial charge in [-0.2, -0.15) is 9.57 Å². The van der Waals surface area contributed by atoms with Crippen LogP contribution < -0.4 is 4.31 Å². The average molecular weight is 340 g/mol. The first kappa shape index (κ1) is 17.4. The molecule has 0 fully saturated rings. The molecule has 0 unspecified atom stereocenters. The van der Waals surface area contributed by atoms with Crippen LogP contribution in [0.5, 0.6) is 0 Å². The second-order valence-corrected chi connectivity index (χ2v) is 7.03. The van der Waals surface area contributed by atoms with E-state index in [1.807, 2.05) is 6.07 Å². The van der Waals surface area contributed by atoms with Crippen LogP contribution in [0.3, 0.4) is 0 Å². The molecule has 0 spiro atoms. The van der Waals surface area contributed by atoms with E-state index < -0.39 is 15.9 Å². The molecular weight excluding hydrogens is 324 g/mol. The molecule has 0 aliphatic heterocycles. The molecule has 122 valence electrons. The highest BCUT2D eigenvalue weighted by atomic mass is 32.2. The largest absolute Gasteiger partial charge is 0.271 e. The molecule has 5 nitrogen and oxygen atoms in total. The lowest BCUT2D eigenvalue weighted by Gasteiger charge is -2.23. The molecule has 0 atom stereocenters. The molecule has 0 aromatic heterocycles. The fraction of sp³-hybridized carbons (Fsp3) is 0.111. The molecule has 0 N–H and O–H groups in total. The maximum atomic E-state index is 13.1. The maximum absolute atomic E-state index is 13.1. The van der Waals surface area contributed by atoms with Crippen LogP contribution in [-0.2, 0) is 14.8 Å². The van der Waals surface area contributed by atoms with Gasteiger partial charge in [0.05, 0.1) is 22.2 Å². The Balaban J connectivity index is 2.67. The summed E-state index contributed by atoms with van der Waals surface area (Å²) in [5.41, 5.74) is 1.15. The molecule has 1 amide bonds. The highest BCUT2D eigenvalue weighted by Gasteiger charge is 2.32. The Kier molecular flexibility index (Phi) is 4.86. The zero-order chi connectivity index (χ0) is 17.9. The van der Waals surface area contributed by atoms with E-state index in [9.17, 15) is 13.2 Å². The van der Waals surface area contributed by atoms with Gasteiger partial charge < -0.3 is 0 Å². The molecule has 2 rings (SSSR count). The topological polar surface area (TPSA) is 78.2 Å². The maximum Gasteiger partial charge on any atom is 0.271 e. The predicted molar refractivity (Wildman–Crippen MR) is 91.8 cm³/mol. The quantitative estimate of drug-likeness (QED) is 0.801. The second kappa shape index (κ2) is 6.69. The molecule has 2 aromatic rings. The monoisotopic (exact) mass is 340 g/mol. The zero-order valence-corrected chi connectivity index (χ0v) is 14.2. The van der Waals surface area contributed by atoms with Crippen LogP contribution in [0.15, 0.2) is 65.6 Å². The van der Waals surface area contributed by atoms with Gasteiger partial charge in [0.25, 0.3) is 15.9 Å². The minimum atomic E-state index is -4.11. The summed E-state index contributed by atoms with van der Waals surface area (Å²) in [6.07, 6.45) is 0. The highest BCUT2D eigenvalue weighted by molar-refractivity contribution is 7.93. The lowest BCUT2D eigenvalue weighted by atomic mass is 10.2. The van der Waals surface area contributed by atoms with Crippen LogP contribution >= 0.6 is 0 Å². The molecule has 0 saturated carbocycles. The number of sulfonamides is 1. The summed E-state index contributed by atoms with van der Waals surface area (Å²) in [6.45, 7) is 6.67. The van der Waals surface area contributed by atoms with Gasteiger partial charge in [-0.3, -0.25) is 4.79 Å². The average Bonchev–Trinajstić information content (AvgIpc) is 2.55. The molecule has 0 aliphatic carbocycles. The number of anilines is 1. The van der Waals surface area contributed by atoms with Crippen molar-refractivity contribution in [3.05, 3.63) is 71.8 Å². The summed E-state index contributed by atoms with van der Waals surface area (Å²) < 4.78 is 26.8. The van der Waals surface area contributed by atoms with E-state index in [-0.39, 0.29) is 16.2 Å². The molecule has 0 bridgehead atoms. The predicted octanol–water partition coefficient (Wildman–Crippen LogP) is 3.16. The number of aryl methyl sites for hydroxylation is 1. The molecule has 24 heavy (non-hydrogen) atoms. The number of nitriles is 1. The normalized spacial score (nSPS) is 10.7. The molecule has 0 radical (unpaired) electrons. The number of amides is 1. The van der Waals surface area contributed by atoms with Crippen LogP contribution in [0.4, 0.5) is 5.69 Å². The van der Waals surface area contributed by atoms with E-state index in [2.05, 4.69) is 6.58 Å². The Morgan fingerprint density at radius 1 is 1.12 bits per heavy atom. The van der Waals surface area contributed by atoms with Gasteiger partial charge in [-0.25, -0.2) is 8.42 Å². The van der Waals surface area contributed by atoms with Crippen molar-refractivity contribution in [1.82, 2.24) is 0 Å². The number of benzene rings is 2. The number of carbonyl (C=O) groups excluding carboxylic acids is 1. The fourth-order valence-corrected chi connectivity index (χ4v) is 3.85. The van der Waals surface area contributed by atoms with Gasteiger partial charge in [-0.05, 0) is 49.7 Å². The molecule has 2 aromatic carbocycles. The standard InChI is InChI=1S/C18H16N2O3S/c1-13(2)18(21)20(16-10-8-15(12-19)9-11-16)24(22,23)17-7-5-4-6-14(17)3/h4-11H,1H2,2-3H3. The third-order valence-corrected chi connectivity index (χ3v) is 5.26.